The van der Waals surface area contributed by atoms with Crippen molar-refractivity contribution >= 4 is 50.7 Å². The topological polar surface area (TPSA) is 115 Å². The van der Waals surface area contributed by atoms with E-state index in [9.17, 15) is 13.2 Å². The molecule has 2 saturated carbocycles. The molecule has 0 bridgehead atoms. The van der Waals surface area contributed by atoms with Crippen LogP contribution in [0.3, 0.4) is 0 Å². The van der Waals surface area contributed by atoms with E-state index >= 15 is 0 Å². The number of hydrogen-bond donors (Lipinski definition) is 3. The maximum absolute atomic E-state index is 13.6. The molecule has 3 heterocycles. The first-order valence-electron chi connectivity index (χ1n) is 13.8. The van der Waals surface area contributed by atoms with Gasteiger partial charge in [0.1, 0.15) is 11.6 Å². The number of amides is 1. The Morgan fingerprint density at radius 3 is 2.33 bits per heavy atom. The van der Waals surface area contributed by atoms with Gasteiger partial charge >= 0.3 is 0 Å². The average Bonchev–Trinajstić information content (AvgIpc) is 3.81. The van der Waals surface area contributed by atoms with E-state index in [1.54, 1.807) is 30.0 Å². The van der Waals surface area contributed by atoms with Gasteiger partial charge in [-0.2, -0.15) is 0 Å². The number of hydrogen-bond acceptors (Lipinski definition) is 8. The molecule has 210 valence electrons. The zero-order chi connectivity index (χ0) is 27.3. The van der Waals surface area contributed by atoms with Crippen LogP contribution in [0.1, 0.15) is 55.3 Å². The van der Waals surface area contributed by atoms with E-state index < -0.39 is 16.6 Å². The number of anilines is 4. The predicted molar refractivity (Wildman–Crippen MR) is 157 cm³/mol. The summed E-state index contributed by atoms with van der Waals surface area (Å²) in [5, 5.41) is 12.1. The van der Waals surface area contributed by atoms with Crippen molar-refractivity contribution < 1.29 is 18.3 Å². The number of carbonyl (C=O) groups is 1. The number of nitrogens with zero attached hydrogens (tertiary/aromatic N) is 3. The normalized spacial score (nSPS) is 20.9. The highest BCUT2D eigenvalue weighted by atomic mass is 32.2. The highest BCUT2D eigenvalue weighted by Crippen LogP contribution is 2.55. The third-order valence-electron chi connectivity index (χ3n) is 8.99. The zero-order valence-corrected chi connectivity index (χ0v) is 24.0. The third-order valence-corrected chi connectivity index (χ3v) is 11.0. The summed E-state index contributed by atoms with van der Waals surface area (Å²) in [7, 11) is -3.68. The summed E-state index contributed by atoms with van der Waals surface area (Å²) in [4.78, 5) is 24.2. The Morgan fingerprint density at radius 1 is 1.00 bits per heavy atom. The Labute approximate surface area is 234 Å². The van der Waals surface area contributed by atoms with E-state index in [0.29, 0.717) is 33.6 Å². The molecule has 2 aromatic rings. The molecule has 2 saturated heterocycles. The first-order chi connectivity index (χ1) is 18.7. The van der Waals surface area contributed by atoms with Gasteiger partial charge in [0.25, 0.3) is 5.91 Å². The number of aromatic nitrogens is 1. The number of carbonyl (C=O) groups excluding carboxylic acids is 1. The van der Waals surface area contributed by atoms with Crippen LogP contribution in [0.2, 0.25) is 0 Å². The number of pyridine rings is 1. The minimum absolute atomic E-state index is 0.267. The number of sulfonamides is 1. The number of aliphatic hydroxyl groups is 1. The van der Waals surface area contributed by atoms with Gasteiger partial charge in [0, 0.05) is 31.1 Å². The number of piperidine rings is 1. The first kappa shape index (κ1) is 26.7. The number of aliphatic hydroxyl groups excluding tert-OH is 1. The molecular formula is C28H37N5O4S2. The van der Waals surface area contributed by atoms with E-state index in [0.717, 1.165) is 49.7 Å². The number of nitrogens with one attached hydrogen (secondary N) is 2. The smallest absolute Gasteiger partial charge is 0.258 e. The van der Waals surface area contributed by atoms with Gasteiger partial charge in [-0.3, -0.25) is 9.52 Å². The summed E-state index contributed by atoms with van der Waals surface area (Å²) in [5.41, 5.74) is 2.52. The van der Waals surface area contributed by atoms with Crippen LogP contribution in [0.25, 0.3) is 0 Å². The fraction of sp³-hybridized carbons (Fsp3) is 0.571. The lowest BCUT2D eigenvalue weighted by atomic mass is 9.93. The molecule has 1 amide bonds. The SMILES string of the molecule is CSc1ccc(NC(=O)c2ccc(NS(=O)(=O)CCO)cc2N2CCC3(CC2)CC3)nc1N1CCC2(CC2)C1. The van der Waals surface area contributed by atoms with E-state index in [1.807, 2.05) is 12.1 Å². The summed E-state index contributed by atoms with van der Waals surface area (Å²) in [6, 6.07) is 8.90. The molecule has 1 aromatic carbocycles. The Morgan fingerprint density at radius 2 is 1.69 bits per heavy atom. The Hall–Kier alpha value is -2.50. The van der Waals surface area contributed by atoms with Crippen LogP contribution < -0.4 is 19.8 Å². The van der Waals surface area contributed by atoms with Gasteiger partial charge in [-0.25, -0.2) is 13.4 Å². The van der Waals surface area contributed by atoms with E-state index in [2.05, 4.69) is 26.1 Å². The van der Waals surface area contributed by atoms with Crippen LogP contribution in [0.15, 0.2) is 35.2 Å². The maximum atomic E-state index is 13.6. The molecule has 2 aliphatic heterocycles. The monoisotopic (exact) mass is 571 g/mol. The van der Waals surface area contributed by atoms with Crippen molar-refractivity contribution in [1.82, 2.24) is 4.98 Å². The molecule has 6 rings (SSSR count). The molecule has 0 atom stereocenters. The largest absolute Gasteiger partial charge is 0.395 e. The van der Waals surface area contributed by atoms with Gasteiger partial charge in [0.05, 0.1) is 29.3 Å². The molecule has 0 radical (unpaired) electrons. The van der Waals surface area contributed by atoms with Crippen LogP contribution in [0, 0.1) is 10.8 Å². The highest BCUT2D eigenvalue weighted by molar-refractivity contribution is 7.98. The molecule has 9 nitrogen and oxygen atoms in total. The molecular weight excluding hydrogens is 534 g/mol. The van der Waals surface area contributed by atoms with Gasteiger partial charge in [-0.1, -0.05) is 0 Å². The Balaban J connectivity index is 1.26. The van der Waals surface area contributed by atoms with Crippen molar-refractivity contribution in [1.29, 1.82) is 0 Å². The molecule has 2 spiro atoms. The Kier molecular flexibility index (Phi) is 6.96. The second-order valence-corrected chi connectivity index (χ2v) is 14.4. The minimum Gasteiger partial charge on any atom is -0.395 e. The van der Waals surface area contributed by atoms with Gasteiger partial charge in [-0.05, 0) is 92.4 Å². The Bertz CT molecular complexity index is 1360. The lowest BCUT2D eigenvalue weighted by Crippen LogP contribution is -2.35. The van der Waals surface area contributed by atoms with E-state index in [4.69, 9.17) is 10.1 Å². The predicted octanol–water partition coefficient (Wildman–Crippen LogP) is 4.16. The second-order valence-electron chi connectivity index (χ2n) is 11.7. The molecule has 4 aliphatic rings. The highest BCUT2D eigenvalue weighted by Gasteiger charge is 2.48. The number of thioether (sulfide) groups is 1. The fourth-order valence-electron chi connectivity index (χ4n) is 6.07. The minimum atomic E-state index is -3.68. The van der Waals surface area contributed by atoms with Crippen LogP contribution in [0.4, 0.5) is 23.0 Å². The average molecular weight is 572 g/mol. The molecule has 4 fully saturated rings. The summed E-state index contributed by atoms with van der Waals surface area (Å²) in [5.74, 6) is 0.800. The second kappa shape index (κ2) is 10.2. The van der Waals surface area contributed by atoms with Crippen molar-refractivity contribution in [2.24, 2.45) is 10.8 Å². The van der Waals surface area contributed by atoms with Gasteiger partial charge in [0.15, 0.2) is 0 Å². The summed E-state index contributed by atoms with van der Waals surface area (Å²) < 4.78 is 27.1. The maximum Gasteiger partial charge on any atom is 0.258 e. The van der Waals surface area contributed by atoms with Gasteiger partial charge in [-0.15, -0.1) is 11.8 Å². The number of rotatable bonds is 9. The third kappa shape index (κ3) is 5.71. The molecule has 11 heteroatoms. The molecule has 2 aliphatic carbocycles. The first-order valence-corrected chi connectivity index (χ1v) is 16.7. The van der Waals surface area contributed by atoms with Gasteiger partial charge in [0.2, 0.25) is 10.0 Å². The lowest BCUT2D eigenvalue weighted by Gasteiger charge is -2.35. The molecule has 1 aromatic heterocycles. The number of benzene rings is 1. The summed E-state index contributed by atoms with van der Waals surface area (Å²) in [6.45, 7) is 3.22. The van der Waals surface area contributed by atoms with Crippen LogP contribution in [-0.4, -0.2) is 69.2 Å². The van der Waals surface area contributed by atoms with Crippen LogP contribution in [-0.2, 0) is 10.0 Å². The summed E-state index contributed by atoms with van der Waals surface area (Å²) in [6.07, 6.45) is 10.5. The summed E-state index contributed by atoms with van der Waals surface area (Å²) >= 11 is 1.67. The standard InChI is InChI=1S/C28H37N5O4S2/c1-38-23-4-5-24(29-25(23)33-15-12-28(19-33)8-9-28)30-26(35)21-3-2-20(31-39(36,37)17-16-34)18-22(21)32-13-10-27(6-7-27)11-14-32/h2-5,18,31,34H,6-17,19H2,1H3,(H,29,30,35). The van der Waals surface area contributed by atoms with Crippen molar-refractivity contribution in [3.8, 4) is 0 Å². The zero-order valence-electron chi connectivity index (χ0n) is 22.4. The molecule has 0 unspecified atom stereocenters. The van der Waals surface area contributed by atoms with Crippen LogP contribution >= 0.6 is 11.8 Å². The molecule has 39 heavy (non-hydrogen) atoms. The van der Waals surface area contributed by atoms with E-state index in [-0.39, 0.29) is 11.7 Å². The lowest BCUT2D eigenvalue weighted by molar-refractivity contribution is 0.102. The van der Waals surface area contributed by atoms with Crippen LogP contribution in [0.5, 0.6) is 0 Å². The quantitative estimate of drug-likeness (QED) is 0.385. The van der Waals surface area contributed by atoms with Crippen molar-refractivity contribution in [3.63, 3.8) is 0 Å². The van der Waals surface area contributed by atoms with E-state index in [1.165, 1.54) is 32.1 Å². The molecule has 3 N–H and O–H groups in total. The van der Waals surface area contributed by atoms with Crippen molar-refractivity contribution in [2.75, 3.05) is 64.6 Å². The fourth-order valence-corrected chi connectivity index (χ4v) is 7.46. The van der Waals surface area contributed by atoms with Crippen molar-refractivity contribution in [2.45, 2.75) is 49.8 Å². The van der Waals surface area contributed by atoms with Gasteiger partial charge < -0.3 is 20.2 Å². The van der Waals surface area contributed by atoms with Crippen molar-refractivity contribution in [3.05, 3.63) is 35.9 Å².